The van der Waals surface area contributed by atoms with Crippen LogP contribution in [0, 0.1) is 5.92 Å². The molecule has 1 aliphatic carbocycles. The number of carboxylic acid groups (broad SMARTS) is 1. The number of rotatable bonds is 10. The summed E-state index contributed by atoms with van der Waals surface area (Å²) in [5, 5.41) is 13.1. The minimum atomic E-state index is -0.906. The molecule has 0 aromatic carbocycles. The van der Waals surface area contributed by atoms with Crippen LogP contribution in [0.25, 0.3) is 0 Å². The molecule has 162 valence electrons. The van der Waals surface area contributed by atoms with Gasteiger partial charge in [-0.1, -0.05) is 56.2 Å². The number of carboxylic acids is 1. The molecule has 0 saturated heterocycles. The number of aromatic nitrogens is 3. The van der Waals surface area contributed by atoms with E-state index in [0.29, 0.717) is 13.0 Å². The molecule has 0 bridgehead atoms. The van der Waals surface area contributed by atoms with Gasteiger partial charge in [-0.05, 0) is 24.5 Å². The first-order valence-corrected chi connectivity index (χ1v) is 10.7. The molecule has 1 unspecified atom stereocenters. The first-order valence-electron chi connectivity index (χ1n) is 10.7. The predicted molar refractivity (Wildman–Crippen MR) is 110 cm³/mol. The minimum absolute atomic E-state index is 0.0499. The maximum Gasteiger partial charge on any atom is 0.304 e. The number of aliphatic carboxylic acids is 1. The van der Waals surface area contributed by atoms with E-state index in [4.69, 9.17) is 4.52 Å². The van der Waals surface area contributed by atoms with E-state index in [1.54, 1.807) is 13.2 Å². The quantitative estimate of drug-likeness (QED) is 0.624. The summed E-state index contributed by atoms with van der Waals surface area (Å²) in [5.74, 6) is -0.741. The molecular weight excluding hydrogens is 384 g/mol. The van der Waals surface area contributed by atoms with Crippen LogP contribution in [0.3, 0.4) is 0 Å². The van der Waals surface area contributed by atoms with Crippen LogP contribution in [0.1, 0.15) is 85.9 Å². The Kier molecular flexibility index (Phi) is 7.93. The molecule has 0 aliphatic heterocycles. The molecule has 1 N–H and O–H groups in total. The number of pyridine rings is 1. The van der Waals surface area contributed by atoms with Crippen LogP contribution in [-0.2, 0) is 11.3 Å². The maximum absolute atomic E-state index is 12.6. The van der Waals surface area contributed by atoms with Gasteiger partial charge in [-0.25, -0.2) is 0 Å². The zero-order chi connectivity index (χ0) is 21.3. The second-order valence-electron chi connectivity index (χ2n) is 8.17. The van der Waals surface area contributed by atoms with E-state index in [9.17, 15) is 14.7 Å². The van der Waals surface area contributed by atoms with Crippen molar-refractivity contribution in [3.8, 4) is 0 Å². The molecule has 1 amide bonds. The van der Waals surface area contributed by atoms with Crippen molar-refractivity contribution < 1.29 is 19.2 Å². The summed E-state index contributed by atoms with van der Waals surface area (Å²) < 4.78 is 5.30. The van der Waals surface area contributed by atoms with Crippen molar-refractivity contribution in [2.75, 3.05) is 7.05 Å². The lowest BCUT2D eigenvalue weighted by atomic mass is 9.84. The highest BCUT2D eigenvalue weighted by molar-refractivity contribution is 5.90. The Hall–Kier alpha value is -2.77. The van der Waals surface area contributed by atoms with Crippen molar-refractivity contribution in [1.29, 1.82) is 0 Å². The Morgan fingerprint density at radius 3 is 2.77 bits per heavy atom. The summed E-state index contributed by atoms with van der Waals surface area (Å²) in [6.45, 7) is 0.323. The fraction of sp³-hybridized carbons (Fsp3) is 0.591. The molecule has 1 fully saturated rings. The Bertz CT molecular complexity index is 818. The molecule has 8 heteroatoms. The monoisotopic (exact) mass is 414 g/mol. The van der Waals surface area contributed by atoms with Gasteiger partial charge in [0.1, 0.15) is 0 Å². The first kappa shape index (κ1) is 21.9. The fourth-order valence-electron chi connectivity index (χ4n) is 4.12. The molecule has 0 radical (unpaired) electrons. The van der Waals surface area contributed by atoms with E-state index in [0.717, 1.165) is 24.5 Å². The first-order chi connectivity index (χ1) is 14.5. The Morgan fingerprint density at radius 1 is 1.27 bits per heavy atom. The molecular formula is C22H30N4O4. The van der Waals surface area contributed by atoms with Gasteiger partial charge in [-0.2, -0.15) is 4.98 Å². The van der Waals surface area contributed by atoms with Gasteiger partial charge in [0.25, 0.3) is 11.7 Å². The van der Waals surface area contributed by atoms with Crippen LogP contribution >= 0.6 is 0 Å². The lowest BCUT2D eigenvalue weighted by Crippen LogP contribution is -2.27. The van der Waals surface area contributed by atoms with Crippen LogP contribution in [0.4, 0.5) is 0 Å². The van der Waals surface area contributed by atoms with Crippen LogP contribution in [-0.4, -0.2) is 44.1 Å². The van der Waals surface area contributed by atoms with Gasteiger partial charge < -0.3 is 14.5 Å². The number of amides is 1. The summed E-state index contributed by atoms with van der Waals surface area (Å²) >= 11 is 0. The van der Waals surface area contributed by atoms with E-state index in [1.807, 2.05) is 18.2 Å². The Morgan fingerprint density at radius 2 is 2.07 bits per heavy atom. The van der Waals surface area contributed by atoms with Crippen LogP contribution in [0.15, 0.2) is 28.9 Å². The summed E-state index contributed by atoms with van der Waals surface area (Å²) in [6.07, 6.45) is 10.7. The summed E-state index contributed by atoms with van der Waals surface area (Å²) in [4.78, 5) is 33.9. The van der Waals surface area contributed by atoms with Gasteiger partial charge in [-0.3, -0.25) is 14.6 Å². The number of hydrogen-bond acceptors (Lipinski definition) is 6. The van der Waals surface area contributed by atoms with Crippen LogP contribution < -0.4 is 0 Å². The van der Waals surface area contributed by atoms with E-state index in [1.165, 1.54) is 37.0 Å². The SMILES string of the molecule is CN(Cc1ccccn1)C(=O)c1noc(C(CCCC2CCCCC2)CC(=O)O)n1. The zero-order valence-corrected chi connectivity index (χ0v) is 17.5. The summed E-state index contributed by atoms with van der Waals surface area (Å²) in [6, 6.07) is 5.51. The third kappa shape index (κ3) is 6.37. The highest BCUT2D eigenvalue weighted by atomic mass is 16.5. The average Bonchev–Trinajstić information content (AvgIpc) is 3.24. The van der Waals surface area contributed by atoms with Crippen molar-refractivity contribution in [3.05, 3.63) is 41.8 Å². The Balaban J connectivity index is 1.59. The lowest BCUT2D eigenvalue weighted by molar-refractivity contribution is -0.137. The normalized spacial score (nSPS) is 15.6. The van der Waals surface area contributed by atoms with Crippen LogP contribution in [0.2, 0.25) is 0 Å². The molecule has 3 rings (SSSR count). The Labute approximate surface area is 176 Å². The van der Waals surface area contributed by atoms with Crippen molar-refractivity contribution >= 4 is 11.9 Å². The predicted octanol–water partition coefficient (Wildman–Crippen LogP) is 4.05. The van der Waals surface area contributed by atoms with Crippen LogP contribution in [0.5, 0.6) is 0 Å². The molecule has 1 atom stereocenters. The number of carbonyl (C=O) groups excluding carboxylic acids is 1. The fourth-order valence-corrected chi connectivity index (χ4v) is 4.12. The van der Waals surface area contributed by atoms with Gasteiger partial charge in [0.15, 0.2) is 0 Å². The third-order valence-corrected chi connectivity index (χ3v) is 5.77. The van der Waals surface area contributed by atoms with Gasteiger partial charge in [0.05, 0.1) is 18.7 Å². The third-order valence-electron chi connectivity index (χ3n) is 5.77. The number of hydrogen-bond donors (Lipinski definition) is 1. The van der Waals surface area contributed by atoms with Crippen molar-refractivity contribution in [2.45, 2.75) is 70.3 Å². The van der Waals surface area contributed by atoms with E-state index in [2.05, 4.69) is 15.1 Å². The highest BCUT2D eigenvalue weighted by Gasteiger charge is 2.26. The highest BCUT2D eigenvalue weighted by Crippen LogP contribution is 2.31. The maximum atomic E-state index is 12.6. The molecule has 2 heterocycles. The standard InChI is InChI=1S/C22H30N4O4/c1-26(15-18-12-5-6-13-23-18)22(29)20-24-21(30-25-20)17(14-19(27)28)11-7-10-16-8-3-2-4-9-16/h5-6,12-13,16-17H,2-4,7-11,14-15H2,1H3,(H,27,28). The number of carbonyl (C=O) groups is 2. The topological polar surface area (TPSA) is 109 Å². The molecule has 0 spiro atoms. The molecule has 2 aromatic heterocycles. The zero-order valence-electron chi connectivity index (χ0n) is 17.5. The summed E-state index contributed by atoms with van der Waals surface area (Å²) in [5.41, 5.74) is 0.753. The van der Waals surface area contributed by atoms with E-state index < -0.39 is 5.97 Å². The van der Waals surface area contributed by atoms with E-state index >= 15 is 0 Å². The molecule has 1 aliphatic rings. The number of nitrogens with zero attached hydrogens (tertiary/aromatic N) is 4. The summed E-state index contributed by atoms with van der Waals surface area (Å²) in [7, 11) is 1.64. The second kappa shape index (κ2) is 10.8. The van der Waals surface area contributed by atoms with Crippen molar-refractivity contribution in [2.24, 2.45) is 5.92 Å². The van der Waals surface area contributed by atoms with Gasteiger partial charge in [0, 0.05) is 19.2 Å². The molecule has 30 heavy (non-hydrogen) atoms. The van der Waals surface area contributed by atoms with Gasteiger partial charge >= 0.3 is 5.97 Å². The minimum Gasteiger partial charge on any atom is -0.481 e. The second-order valence-corrected chi connectivity index (χ2v) is 8.17. The molecule has 2 aromatic rings. The molecule has 8 nitrogen and oxygen atoms in total. The van der Waals surface area contributed by atoms with Gasteiger partial charge in [0.2, 0.25) is 5.89 Å². The molecule has 1 saturated carbocycles. The van der Waals surface area contributed by atoms with Crippen molar-refractivity contribution in [1.82, 2.24) is 20.0 Å². The largest absolute Gasteiger partial charge is 0.481 e. The van der Waals surface area contributed by atoms with E-state index in [-0.39, 0.29) is 30.0 Å². The van der Waals surface area contributed by atoms with Gasteiger partial charge in [-0.15, -0.1) is 0 Å². The van der Waals surface area contributed by atoms with Crippen molar-refractivity contribution in [3.63, 3.8) is 0 Å². The smallest absolute Gasteiger partial charge is 0.304 e. The average molecular weight is 415 g/mol. The lowest BCUT2D eigenvalue weighted by Gasteiger charge is -2.21.